The van der Waals surface area contributed by atoms with Crippen LogP contribution in [0.4, 0.5) is 0 Å². The predicted molar refractivity (Wildman–Crippen MR) is 71.7 cm³/mol. The normalized spacial score (nSPS) is 19.3. The Hall–Kier alpha value is -1.10. The van der Waals surface area contributed by atoms with E-state index in [2.05, 4.69) is 11.7 Å². The summed E-state index contributed by atoms with van der Waals surface area (Å²) in [7, 11) is 1.36. The zero-order valence-corrected chi connectivity index (χ0v) is 12.0. The van der Waals surface area contributed by atoms with Crippen molar-refractivity contribution < 1.29 is 19.1 Å². The summed E-state index contributed by atoms with van der Waals surface area (Å²) in [6, 6.07) is 0. The molecule has 1 rings (SSSR count). The number of methoxy groups -OCH3 is 1. The fourth-order valence-corrected chi connectivity index (χ4v) is 2.20. The van der Waals surface area contributed by atoms with Crippen LogP contribution in [-0.2, 0) is 19.1 Å². The van der Waals surface area contributed by atoms with Crippen molar-refractivity contribution in [1.82, 2.24) is 4.90 Å². The molecule has 0 N–H and O–H groups in total. The lowest BCUT2D eigenvalue weighted by Crippen LogP contribution is -2.46. The van der Waals surface area contributed by atoms with E-state index in [4.69, 9.17) is 4.74 Å². The van der Waals surface area contributed by atoms with Crippen LogP contribution in [0.3, 0.4) is 0 Å². The Labute approximate surface area is 115 Å². The second-order valence-electron chi connectivity index (χ2n) is 4.92. The molecule has 0 aromatic carbocycles. The van der Waals surface area contributed by atoms with Crippen molar-refractivity contribution in [1.29, 1.82) is 0 Å². The van der Waals surface area contributed by atoms with Gasteiger partial charge in [0.15, 0.2) is 0 Å². The summed E-state index contributed by atoms with van der Waals surface area (Å²) in [5.41, 5.74) is 0. The Morgan fingerprint density at radius 3 is 2.79 bits per heavy atom. The fraction of sp³-hybridized carbons (Fsp3) is 0.857. The second-order valence-corrected chi connectivity index (χ2v) is 4.92. The third kappa shape index (κ3) is 6.05. The molecule has 1 fully saturated rings. The maximum absolute atomic E-state index is 12.0. The molecule has 1 heterocycles. The van der Waals surface area contributed by atoms with Gasteiger partial charge in [-0.25, -0.2) is 0 Å². The molecular formula is C14H25NO4. The number of unbranched alkanes of at least 4 members (excludes halogenated alkanes) is 3. The Bertz CT molecular complexity index is 293. The van der Waals surface area contributed by atoms with Crippen LogP contribution in [0.1, 0.15) is 45.4 Å². The fourth-order valence-electron chi connectivity index (χ4n) is 2.20. The van der Waals surface area contributed by atoms with Crippen LogP contribution >= 0.6 is 0 Å². The Balaban J connectivity index is 2.28. The van der Waals surface area contributed by atoms with Crippen LogP contribution in [0.2, 0.25) is 0 Å². The van der Waals surface area contributed by atoms with Crippen molar-refractivity contribution >= 4 is 11.9 Å². The summed E-state index contributed by atoms with van der Waals surface area (Å²) in [4.78, 5) is 25.0. The van der Waals surface area contributed by atoms with E-state index >= 15 is 0 Å². The summed E-state index contributed by atoms with van der Waals surface area (Å²) in [5.74, 6) is -0.114. The average Bonchev–Trinajstić information content (AvgIpc) is 2.43. The highest BCUT2D eigenvalue weighted by Crippen LogP contribution is 2.12. The Morgan fingerprint density at radius 1 is 1.32 bits per heavy atom. The minimum Gasteiger partial charge on any atom is -0.469 e. The first-order valence-corrected chi connectivity index (χ1v) is 7.13. The van der Waals surface area contributed by atoms with Crippen LogP contribution in [0.5, 0.6) is 0 Å². The van der Waals surface area contributed by atoms with Crippen molar-refractivity contribution in [2.45, 2.75) is 51.6 Å². The SMILES string of the molecule is CCCCCCC(=O)N1CCOC(CC(=O)OC)C1. The van der Waals surface area contributed by atoms with Gasteiger partial charge in [0, 0.05) is 19.5 Å². The quantitative estimate of drug-likeness (QED) is 0.523. The van der Waals surface area contributed by atoms with Crippen LogP contribution in [0.25, 0.3) is 0 Å². The van der Waals surface area contributed by atoms with Gasteiger partial charge in [0.2, 0.25) is 5.91 Å². The first-order valence-electron chi connectivity index (χ1n) is 7.13. The van der Waals surface area contributed by atoms with Crippen molar-refractivity contribution in [2.75, 3.05) is 26.8 Å². The average molecular weight is 271 g/mol. The first kappa shape index (κ1) is 16.0. The largest absolute Gasteiger partial charge is 0.469 e. The Morgan fingerprint density at radius 2 is 2.11 bits per heavy atom. The summed E-state index contributed by atoms with van der Waals surface area (Å²) >= 11 is 0. The predicted octanol–water partition coefficient (Wildman–Crippen LogP) is 1.75. The van der Waals surface area contributed by atoms with Crippen LogP contribution < -0.4 is 0 Å². The van der Waals surface area contributed by atoms with Gasteiger partial charge in [-0.1, -0.05) is 26.2 Å². The minimum absolute atomic E-state index is 0.175. The lowest BCUT2D eigenvalue weighted by atomic mass is 10.1. The molecule has 0 bridgehead atoms. The molecule has 0 aromatic heterocycles. The molecule has 0 saturated carbocycles. The number of ether oxygens (including phenoxy) is 2. The number of morpholine rings is 1. The molecule has 19 heavy (non-hydrogen) atoms. The van der Waals surface area contributed by atoms with Crippen LogP contribution in [-0.4, -0.2) is 49.7 Å². The summed E-state index contributed by atoms with van der Waals surface area (Å²) in [6.45, 7) is 3.79. The summed E-state index contributed by atoms with van der Waals surface area (Å²) < 4.78 is 10.1. The minimum atomic E-state index is -0.290. The molecule has 0 aliphatic carbocycles. The van der Waals surface area contributed by atoms with Crippen molar-refractivity contribution in [2.24, 2.45) is 0 Å². The summed E-state index contributed by atoms with van der Waals surface area (Å²) in [5, 5.41) is 0. The van der Waals surface area contributed by atoms with E-state index in [9.17, 15) is 9.59 Å². The molecule has 5 nitrogen and oxygen atoms in total. The molecule has 0 radical (unpaired) electrons. The number of carbonyl (C=O) groups excluding carboxylic acids is 2. The van der Waals surface area contributed by atoms with Crippen molar-refractivity contribution in [3.8, 4) is 0 Å². The number of nitrogens with zero attached hydrogens (tertiary/aromatic N) is 1. The van der Waals surface area contributed by atoms with E-state index in [-0.39, 0.29) is 24.4 Å². The topological polar surface area (TPSA) is 55.8 Å². The molecule has 0 spiro atoms. The molecule has 1 amide bonds. The van der Waals surface area contributed by atoms with Gasteiger partial charge < -0.3 is 14.4 Å². The molecule has 0 aromatic rings. The first-order chi connectivity index (χ1) is 9.17. The van der Waals surface area contributed by atoms with Crippen LogP contribution in [0, 0.1) is 0 Å². The number of hydrogen-bond donors (Lipinski definition) is 0. The zero-order valence-electron chi connectivity index (χ0n) is 12.0. The van der Waals surface area contributed by atoms with Crippen molar-refractivity contribution in [3.63, 3.8) is 0 Å². The smallest absolute Gasteiger partial charge is 0.308 e. The van der Waals surface area contributed by atoms with Gasteiger partial charge >= 0.3 is 5.97 Å². The molecular weight excluding hydrogens is 246 g/mol. The molecule has 1 unspecified atom stereocenters. The number of carbonyl (C=O) groups is 2. The van der Waals surface area contributed by atoms with E-state index in [1.165, 1.54) is 20.0 Å². The van der Waals surface area contributed by atoms with Gasteiger partial charge in [-0.15, -0.1) is 0 Å². The number of esters is 1. The standard InChI is InChI=1S/C14H25NO4/c1-3-4-5-6-7-13(16)15-8-9-19-12(11-15)10-14(17)18-2/h12H,3-11H2,1-2H3. The van der Waals surface area contributed by atoms with Crippen LogP contribution in [0.15, 0.2) is 0 Å². The van der Waals surface area contributed by atoms with Gasteiger partial charge in [-0.05, 0) is 6.42 Å². The van der Waals surface area contributed by atoms with Crippen molar-refractivity contribution in [3.05, 3.63) is 0 Å². The third-order valence-electron chi connectivity index (χ3n) is 3.36. The maximum Gasteiger partial charge on any atom is 0.308 e. The van der Waals surface area contributed by atoms with Gasteiger partial charge in [0.1, 0.15) is 0 Å². The number of rotatable bonds is 7. The molecule has 1 aliphatic rings. The molecule has 1 saturated heterocycles. The molecule has 1 atom stereocenters. The monoisotopic (exact) mass is 271 g/mol. The lowest BCUT2D eigenvalue weighted by molar-refractivity contribution is -0.150. The molecule has 5 heteroatoms. The van der Waals surface area contributed by atoms with E-state index in [1.807, 2.05) is 4.90 Å². The second kappa shape index (κ2) is 8.91. The van der Waals surface area contributed by atoms with E-state index in [0.717, 1.165) is 12.8 Å². The molecule has 1 aliphatic heterocycles. The molecule has 110 valence electrons. The number of amides is 1. The van der Waals surface area contributed by atoms with E-state index in [1.54, 1.807) is 0 Å². The Kier molecular flexibility index (Phi) is 7.48. The zero-order chi connectivity index (χ0) is 14.1. The van der Waals surface area contributed by atoms with E-state index < -0.39 is 0 Å². The third-order valence-corrected chi connectivity index (χ3v) is 3.36. The maximum atomic E-state index is 12.0. The van der Waals surface area contributed by atoms with Gasteiger partial charge in [-0.2, -0.15) is 0 Å². The van der Waals surface area contributed by atoms with Gasteiger partial charge in [-0.3, -0.25) is 9.59 Å². The van der Waals surface area contributed by atoms with Gasteiger partial charge in [0.25, 0.3) is 0 Å². The summed E-state index contributed by atoms with van der Waals surface area (Å²) in [6.07, 6.45) is 5.01. The van der Waals surface area contributed by atoms with Gasteiger partial charge in [0.05, 0.1) is 26.2 Å². The van der Waals surface area contributed by atoms with E-state index in [0.29, 0.717) is 26.1 Å². The highest BCUT2D eigenvalue weighted by Gasteiger charge is 2.25. The lowest BCUT2D eigenvalue weighted by Gasteiger charge is -2.32. The highest BCUT2D eigenvalue weighted by atomic mass is 16.5. The highest BCUT2D eigenvalue weighted by molar-refractivity contribution is 5.76. The number of hydrogen-bond acceptors (Lipinski definition) is 4.